The van der Waals surface area contributed by atoms with E-state index in [4.69, 9.17) is 10.5 Å². The maximum absolute atomic E-state index is 12.5. The number of rotatable bonds is 2. The third kappa shape index (κ3) is 3.70. The van der Waals surface area contributed by atoms with Gasteiger partial charge in [-0.2, -0.15) is 0 Å². The van der Waals surface area contributed by atoms with Gasteiger partial charge in [-0.05, 0) is 49.9 Å². The van der Waals surface area contributed by atoms with Crippen molar-refractivity contribution in [2.24, 2.45) is 5.73 Å². The summed E-state index contributed by atoms with van der Waals surface area (Å²) in [6, 6.07) is 14.7. The van der Waals surface area contributed by atoms with Gasteiger partial charge in [-0.3, -0.25) is 0 Å². The average Bonchev–Trinajstić information content (AvgIpc) is 2.87. The Bertz CT molecular complexity index is 736. The second-order valence-corrected chi connectivity index (χ2v) is 7.58. The van der Waals surface area contributed by atoms with Crippen LogP contribution in [0.3, 0.4) is 0 Å². The summed E-state index contributed by atoms with van der Waals surface area (Å²) in [5.41, 5.74) is 6.99. The number of benzene rings is 2. The highest BCUT2D eigenvalue weighted by Crippen LogP contribution is 2.25. The third-order valence-corrected chi connectivity index (χ3v) is 4.48. The Morgan fingerprint density at radius 3 is 2.62 bits per heavy atom. The number of nitrogens with zero attached hydrogens (tertiary/aromatic N) is 1. The Hall–Kier alpha value is -2.07. The minimum atomic E-state index is -0.489. The molecule has 0 aliphatic carbocycles. The van der Waals surface area contributed by atoms with Gasteiger partial charge in [0, 0.05) is 12.6 Å². The van der Waals surface area contributed by atoms with Crippen LogP contribution in [0, 0.1) is 0 Å². The predicted molar refractivity (Wildman–Crippen MR) is 97.0 cm³/mol. The summed E-state index contributed by atoms with van der Waals surface area (Å²) in [5, 5.41) is 2.44. The molecule has 1 fully saturated rings. The van der Waals surface area contributed by atoms with E-state index in [1.54, 1.807) is 4.90 Å². The fourth-order valence-electron chi connectivity index (χ4n) is 3.29. The molecule has 3 rings (SSSR count). The minimum Gasteiger partial charge on any atom is -0.444 e. The van der Waals surface area contributed by atoms with E-state index in [1.807, 2.05) is 32.9 Å². The van der Waals surface area contributed by atoms with Gasteiger partial charge in [0.15, 0.2) is 0 Å². The van der Waals surface area contributed by atoms with Crippen molar-refractivity contribution in [2.75, 3.05) is 6.54 Å². The number of ether oxygens (including phenoxy) is 1. The number of nitrogens with two attached hydrogens (primary N) is 1. The zero-order valence-corrected chi connectivity index (χ0v) is 14.7. The number of carbonyl (C=O) groups excluding carboxylic acids is 1. The van der Waals surface area contributed by atoms with Crippen LogP contribution in [0.4, 0.5) is 4.79 Å². The van der Waals surface area contributed by atoms with E-state index in [2.05, 4.69) is 30.3 Å². The largest absolute Gasteiger partial charge is 0.444 e. The lowest BCUT2D eigenvalue weighted by Crippen LogP contribution is -2.46. The van der Waals surface area contributed by atoms with Gasteiger partial charge in [0.25, 0.3) is 0 Å². The van der Waals surface area contributed by atoms with Gasteiger partial charge in [0.1, 0.15) is 5.60 Å². The quantitative estimate of drug-likeness (QED) is 0.915. The molecule has 1 amide bonds. The first-order valence-electron chi connectivity index (χ1n) is 8.56. The molecule has 24 heavy (non-hydrogen) atoms. The second-order valence-electron chi connectivity index (χ2n) is 7.58. The standard InChI is InChI=1S/C20H26N2O2/c1-20(2,3)24-19(23)22-11-10-17(21)18(22)13-14-8-9-15-6-4-5-7-16(15)12-14/h4-9,12,17-18H,10-11,13,21H2,1-3H3/t17-,18?/m1/s1. The van der Waals surface area contributed by atoms with E-state index in [0.29, 0.717) is 6.54 Å². The van der Waals surface area contributed by atoms with Crippen LogP contribution in [-0.2, 0) is 11.2 Å². The third-order valence-electron chi connectivity index (χ3n) is 4.48. The Labute approximate surface area is 143 Å². The minimum absolute atomic E-state index is 0.0102. The smallest absolute Gasteiger partial charge is 0.410 e. The summed E-state index contributed by atoms with van der Waals surface area (Å²) < 4.78 is 5.54. The molecule has 1 saturated heterocycles. The molecule has 0 spiro atoms. The molecule has 1 unspecified atom stereocenters. The van der Waals surface area contributed by atoms with Crippen LogP contribution in [0.25, 0.3) is 10.8 Å². The molecule has 1 aliphatic rings. The van der Waals surface area contributed by atoms with Crippen molar-refractivity contribution in [3.8, 4) is 0 Å². The number of amides is 1. The van der Waals surface area contributed by atoms with Crippen LogP contribution in [0.15, 0.2) is 42.5 Å². The number of likely N-dealkylation sites (tertiary alicyclic amines) is 1. The summed E-state index contributed by atoms with van der Waals surface area (Å²) >= 11 is 0. The van der Waals surface area contributed by atoms with E-state index in [-0.39, 0.29) is 18.2 Å². The number of hydrogen-bond donors (Lipinski definition) is 1. The van der Waals surface area contributed by atoms with Crippen molar-refractivity contribution < 1.29 is 9.53 Å². The summed E-state index contributed by atoms with van der Waals surface area (Å²) in [6.45, 7) is 6.33. The van der Waals surface area contributed by atoms with Gasteiger partial charge in [-0.25, -0.2) is 4.79 Å². The first kappa shape index (κ1) is 16.8. The normalized spacial score (nSPS) is 21.2. The molecule has 2 aromatic carbocycles. The first-order chi connectivity index (χ1) is 11.3. The van der Waals surface area contributed by atoms with Crippen LogP contribution in [0.2, 0.25) is 0 Å². The average molecular weight is 326 g/mol. The molecule has 1 aliphatic heterocycles. The predicted octanol–water partition coefficient (Wildman–Crippen LogP) is 3.72. The highest BCUT2D eigenvalue weighted by Gasteiger charge is 2.37. The monoisotopic (exact) mass is 326 g/mol. The van der Waals surface area contributed by atoms with Gasteiger partial charge >= 0.3 is 6.09 Å². The van der Waals surface area contributed by atoms with E-state index in [0.717, 1.165) is 12.8 Å². The lowest BCUT2D eigenvalue weighted by atomic mass is 9.98. The molecule has 4 heteroatoms. The van der Waals surface area contributed by atoms with Gasteiger partial charge < -0.3 is 15.4 Å². The summed E-state index contributed by atoms with van der Waals surface area (Å²) in [5.74, 6) is 0. The van der Waals surface area contributed by atoms with Crippen molar-refractivity contribution >= 4 is 16.9 Å². The van der Waals surface area contributed by atoms with Crippen molar-refractivity contribution in [3.63, 3.8) is 0 Å². The van der Waals surface area contributed by atoms with E-state index in [1.165, 1.54) is 16.3 Å². The topological polar surface area (TPSA) is 55.6 Å². The molecular formula is C20H26N2O2. The maximum atomic E-state index is 12.5. The molecule has 1 heterocycles. The Balaban J connectivity index is 1.78. The molecule has 2 aromatic rings. The highest BCUT2D eigenvalue weighted by atomic mass is 16.6. The molecule has 2 N–H and O–H groups in total. The molecule has 2 atom stereocenters. The zero-order chi connectivity index (χ0) is 17.3. The van der Waals surface area contributed by atoms with Crippen molar-refractivity contribution in [3.05, 3.63) is 48.0 Å². The van der Waals surface area contributed by atoms with Gasteiger partial charge in [-0.1, -0.05) is 42.5 Å². The molecule has 0 bridgehead atoms. The first-order valence-corrected chi connectivity index (χ1v) is 8.56. The molecule has 0 aromatic heterocycles. The van der Waals surface area contributed by atoms with Crippen molar-refractivity contribution in [1.82, 2.24) is 4.90 Å². The lowest BCUT2D eigenvalue weighted by molar-refractivity contribution is 0.0220. The second kappa shape index (κ2) is 6.44. The van der Waals surface area contributed by atoms with Crippen LogP contribution in [0.1, 0.15) is 32.8 Å². The van der Waals surface area contributed by atoms with Gasteiger partial charge in [-0.15, -0.1) is 0 Å². The van der Waals surface area contributed by atoms with Crippen LogP contribution < -0.4 is 5.73 Å². The van der Waals surface area contributed by atoms with E-state index < -0.39 is 5.60 Å². The number of hydrogen-bond acceptors (Lipinski definition) is 3. The maximum Gasteiger partial charge on any atom is 0.410 e. The summed E-state index contributed by atoms with van der Waals surface area (Å²) in [6.07, 6.45) is 1.31. The zero-order valence-electron chi connectivity index (χ0n) is 14.7. The van der Waals surface area contributed by atoms with Crippen LogP contribution in [-0.4, -0.2) is 35.2 Å². The fourth-order valence-corrected chi connectivity index (χ4v) is 3.29. The highest BCUT2D eigenvalue weighted by molar-refractivity contribution is 5.83. The van der Waals surface area contributed by atoms with Crippen LogP contribution in [0.5, 0.6) is 0 Å². The molecular weight excluding hydrogens is 300 g/mol. The van der Waals surface area contributed by atoms with Crippen LogP contribution >= 0.6 is 0 Å². The summed E-state index contributed by atoms with van der Waals surface area (Å²) in [4.78, 5) is 14.3. The van der Waals surface area contributed by atoms with Gasteiger partial charge in [0.05, 0.1) is 6.04 Å². The Morgan fingerprint density at radius 2 is 1.92 bits per heavy atom. The van der Waals surface area contributed by atoms with E-state index in [9.17, 15) is 4.79 Å². The van der Waals surface area contributed by atoms with E-state index >= 15 is 0 Å². The molecule has 128 valence electrons. The summed E-state index contributed by atoms with van der Waals surface area (Å²) in [7, 11) is 0. The lowest BCUT2D eigenvalue weighted by Gasteiger charge is -2.30. The number of fused-ring (bicyclic) bond motifs is 1. The fraction of sp³-hybridized carbons (Fsp3) is 0.450. The Kier molecular flexibility index (Phi) is 4.50. The number of carbonyl (C=O) groups is 1. The van der Waals surface area contributed by atoms with Crippen molar-refractivity contribution in [1.29, 1.82) is 0 Å². The molecule has 0 radical (unpaired) electrons. The molecule has 4 nitrogen and oxygen atoms in total. The van der Waals surface area contributed by atoms with Gasteiger partial charge in [0.2, 0.25) is 0 Å². The Morgan fingerprint density at radius 1 is 1.21 bits per heavy atom. The van der Waals surface area contributed by atoms with Crippen molar-refractivity contribution in [2.45, 2.75) is 51.3 Å². The SMILES string of the molecule is CC(C)(C)OC(=O)N1CC[C@@H](N)C1Cc1ccc2ccccc2c1. The molecule has 0 saturated carbocycles.